The molecule has 0 spiro atoms. The molecule has 2 N–H and O–H groups in total. The van der Waals surface area contributed by atoms with Crippen molar-refractivity contribution in [3.8, 4) is 0 Å². The van der Waals surface area contributed by atoms with Crippen molar-refractivity contribution in [3.63, 3.8) is 0 Å². The van der Waals surface area contributed by atoms with Gasteiger partial charge in [0.15, 0.2) is 0 Å². The lowest BCUT2D eigenvalue weighted by atomic mass is 10.4. The molecule has 0 aliphatic rings. The molecule has 0 aliphatic heterocycles. The van der Waals surface area contributed by atoms with Gasteiger partial charge in [0, 0.05) is 12.2 Å². The first-order chi connectivity index (χ1) is 9.97. The molecule has 1 amide bonds. The number of hydrogen-bond donors (Lipinski definition) is 1. The van der Waals surface area contributed by atoms with Gasteiger partial charge in [-0.2, -0.15) is 0 Å². The SMILES string of the molecule is C=CC(N)=O.CCCCOC(=O)/C=C\C(=O)OCCCC. The zero-order valence-corrected chi connectivity index (χ0v) is 12.8. The molecule has 0 aromatic carbocycles. The molecule has 0 atom stereocenters. The number of amides is 1. The van der Waals surface area contributed by atoms with Crippen LogP contribution in [0.15, 0.2) is 24.8 Å². The Bertz CT molecular complexity index is 326. The summed E-state index contributed by atoms with van der Waals surface area (Å²) in [6, 6.07) is 0. The second-order valence-electron chi connectivity index (χ2n) is 3.98. The highest BCUT2D eigenvalue weighted by Gasteiger charge is 2.00. The number of esters is 2. The highest BCUT2D eigenvalue weighted by atomic mass is 16.5. The van der Waals surface area contributed by atoms with Gasteiger partial charge in [0.2, 0.25) is 5.91 Å². The van der Waals surface area contributed by atoms with E-state index in [4.69, 9.17) is 9.47 Å². The van der Waals surface area contributed by atoms with Crippen LogP contribution in [-0.4, -0.2) is 31.1 Å². The van der Waals surface area contributed by atoms with Crippen LogP contribution in [0, 0.1) is 0 Å². The molecule has 0 rings (SSSR count). The second-order valence-corrected chi connectivity index (χ2v) is 3.98. The number of primary amides is 1. The lowest BCUT2D eigenvalue weighted by Gasteiger charge is -2.00. The molecule has 0 bridgehead atoms. The Morgan fingerprint density at radius 1 is 0.952 bits per heavy atom. The van der Waals surface area contributed by atoms with Crippen molar-refractivity contribution < 1.29 is 23.9 Å². The Kier molecular flexibility index (Phi) is 16.1. The lowest BCUT2D eigenvalue weighted by molar-refractivity contribution is -0.140. The van der Waals surface area contributed by atoms with E-state index in [0.717, 1.165) is 43.9 Å². The van der Waals surface area contributed by atoms with Crippen molar-refractivity contribution >= 4 is 17.8 Å². The van der Waals surface area contributed by atoms with Gasteiger partial charge in [0.25, 0.3) is 0 Å². The van der Waals surface area contributed by atoms with Crippen LogP contribution < -0.4 is 5.73 Å². The van der Waals surface area contributed by atoms with Crippen molar-refractivity contribution in [2.45, 2.75) is 39.5 Å². The van der Waals surface area contributed by atoms with Gasteiger partial charge in [-0.15, -0.1) is 0 Å². The average Bonchev–Trinajstić information content (AvgIpc) is 2.46. The van der Waals surface area contributed by atoms with Crippen LogP contribution in [-0.2, 0) is 23.9 Å². The minimum Gasteiger partial charge on any atom is -0.463 e. The van der Waals surface area contributed by atoms with Crippen molar-refractivity contribution in [1.82, 2.24) is 0 Å². The topological polar surface area (TPSA) is 95.7 Å². The summed E-state index contributed by atoms with van der Waals surface area (Å²) in [5, 5.41) is 0. The Labute approximate surface area is 126 Å². The summed E-state index contributed by atoms with van der Waals surface area (Å²) in [6.45, 7) is 7.89. The summed E-state index contributed by atoms with van der Waals surface area (Å²) in [4.78, 5) is 31.5. The van der Waals surface area contributed by atoms with E-state index >= 15 is 0 Å². The van der Waals surface area contributed by atoms with Crippen LogP contribution in [0.5, 0.6) is 0 Å². The van der Waals surface area contributed by atoms with Crippen molar-refractivity contribution in [2.75, 3.05) is 13.2 Å². The number of rotatable bonds is 9. The third-order valence-corrected chi connectivity index (χ3v) is 2.04. The van der Waals surface area contributed by atoms with Gasteiger partial charge in [-0.3, -0.25) is 4.79 Å². The maximum absolute atomic E-state index is 11.0. The molecule has 0 saturated carbocycles. The summed E-state index contributed by atoms with van der Waals surface area (Å²) in [6.07, 6.45) is 6.86. The van der Waals surface area contributed by atoms with Crippen molar-refractivity contribution in [1.29, 1.82) is 0 Å². The number of hydrogen-bond acceptors (Lipinski definition) is 5. The molecule has 120 valence electrons. The maximum atomic E-state index is 11.0. The van der Waals surface area contributed by atoms with E-state index < -0.39 is 17.8 Å². The smallest absolute Gasteiger partial charge is 0.331 e. The molecule has 0 aromatic rings. The Balaban J connectivity index is 0. The highest BCUT2D eigenvalue weighted by molar-refractivity contribution is 5.91. The van der Waals surface area contributed by atoms with E-state index in [2.05, 4.69) is 12.3 Å². The number of ether oxygens (including phenoxy) is 2. The Morgan fingerprint density at radius 2 is 1.29 bits per heavy atom. The lowest BCUT2D eigenvalue weighted by Crippen LogP contribution is -2.05. The van der Waals surface area contributed by atoms with Gasteiger partial charge in [-0.1, -0.05) is 33.3 Å². The fourth-order valence-corrected chi connectivity index (χ4v) is 0.867. The van der Waals surface area contributed by atoms with E-state index in [1.54, 1.807) is 0 Å². The predicted molar refractivity (Wildman–Crippen MR) is 80.3 cm³/mol. The van der Waals surface area contributed by atoms with Crippen molar-refractivity contribution in [2.24, 2.45) is 5.73 Å². The fourth-order valence-electron chi connectivity index (χ4n) is 0.867. The molecular weight excluding hydrogens is 274 g/mol. The van der Waals surface area contributed by atoms with Gasteiger partial charge >= 0.3 is 11.9 Å². The molecule has 0 aromatic heterocycles. The van der Waals surface area contributed by atoms with Crippen LogP contribution in [0.3, 0.4) is 0 Å². The fraction of sp³-hybridized carbons (Fsp3) is 0.533. The highest BCUT2D eigenvalue weighted by Crippen LogP contribution is 1.92. The first kappa shape index (κ1) is 21.2. The zero-order valence-electron chi connectivity index (χ0n) is 12.8. The second kappa shape index (κ2) is 15.9. The summed E-state index contributed by atoms with van der Waals surface area (Å²) in [5.41, 5.74) is 4.53. The Morgan fingerprint density at radius 3 is 1.52 bits per heavy atom. The van der Waals surface area contributed by atoms with Crippen LogP contribution in [0.2, 0.25) is 0 Å². The average molecular weight is 299 g/mol. The number of carbonyl (C=O) groups excluding carboxylic acids is 3. The molecule has 0 unspecified atom stereocenters. The van der Waals surface area contributed by atoms with Gasteiger partial charge in [0.1, 0.15) is 0 Å². The van der Waals surface area contributed by atoms with E-state index in [9.17, 15) is 14.4 Å². The standard InChI is InChI=1S/C12H20O4.C3H5NO/c1-3-5-9-15-11(13)7-8-12(14)16-10-6-4-2;1-2-3(4)5/h7-8H,3-6,9-10H2,1-2H3;2H,1H2,(H2,4,5)/b8-7-;. The largest absolute Gasteiger partial charge is 0.463 e. The molecule has 0 aliphatic carbocycles. The van der Waals surface area contributed by atoms with Gasteiger partial charge < -0.3 is 15.2 Å². The van der Waals surface area contributed by atoms with E-state index in [0.29, 0.717) is 13.2 Å². The third kappa shape index (κ3) is 20.4. The maximum Gasteiger partial charge on any atom is 0.331 e. The van der Waals surface area contributed by atoms with Gasteiger partial charge in [-0.25, -0.2) is 9.59 Å². The van der Waals surface area contributed by atoms with E-state index in [1.165, 1.54) is 0 Å². The normalized spacial score (nSPS) is 9.43. The first-order valence-electron chi connectivity index (χ1n) is 6.91. The summed E-state index contributed by atoms with van der Waals surface area (Å²) >= 11 is 0. The molecule has 0 heterocycles. The zero-order chi connectivity index (χ0) is 16.5. The molecule has 0 saturated heterocycles. The summed E-state index contributed by atoms with van der Waals surface area (Å²) in [7, 11) is 0. The van der Waals surface area contributed by atoms with E-state index in [-0.39, 0.29) is 0 Å². The minimum absolute atomic E-state index is 0.393. The van der Waals surface area contributed by atoms with Gasteiger partial charge in [-0.05, 0) is 18.9 Å². The number of nitrogens with two attached hydrogens (primary N) is 1. The minimum atomic E-state index is -0.499. The van der Waals surface area contributed by atoms with Crippen LogP contribution >= 0.6 is 0 Å². The predicted octanol–water partition coefficient (Wildman–Crippen LogP) is 1.89. The monoisotopic (exact) mass is 299 g/mol. The molecule has 0 fully saturated rings. The van der Waals surface area contributed by atoms with Crippen LogP contribution in [0.4, 0.5) is 0 Å². The molecule has 6 nitrogen and oxygen atoms in total. The third-order valence-electron chi connectivity index (χ3n) is 2.04. The van der Waals surface area contributed by atoms with Gasteiger partial charge in [0.05, 0.1) is 13.2 Å². The van der Waals surface area contributed by atoms with Crippen molar-refractivity contribution in [3.05, 3.63) is 24.8 Å². The molecular formula is C15H25NO5. The molecule has 21 heavy (non-hydrogen) atoms. The summed E-state index contributed by atoms with van der Waals surface area (Å²) < 4.78 is 9.65. The van der Waals surface area contributed by atoms with Crippen LogP contribution in [0.25, 0.3) is 0 Å². The number of unbranched alkanes of at least 4 members (excludes halogenated alkanes) is 2. The quantitative estimate of drug-likeness (QED) is 0.398. The first-order valence-corrected chi connectivity index (χ1v) is 6.91. The van der Waals surface area contributed by atoms with Crippen LogP contribution in [0.1, 0.15) is 39.5 Å². The Hall–Kier alpha value is -2.11. The molecule has 6 heteroatoms. The number of carbonyl (C=O) groups is 3. The molecule has 0 radical (unpaired) electrons. The summed E-state index contributed by atoms with van der Waals surface area (Å²) in [5.74, 6) is -1.48. The van der Waals surface area contributed by atoms with E-state index in [1.807, 2.05) is 13.8 Å².